The zero-order valence-corrected chi connectivity index (χ0v) is 11.7. The standard InChI is InChI=1S/C14H16N4O3/c1-20-14-12(15-4-5-16-14)18-6-2-11(8-18)17-13(19)10-3-7-21-9-10/h3-5,7,9,11H,2,6,8H2,1H3,(H,17,19)/t11-/m1/s1. The molecular formula is C14H16N4O3. The predicted molar refractivity (Wildman–Crippen MR) is 75.4 cm³/mol. The number of carbonyl (C=O) groups excluding carboxylic acids is 1. The second-order valence-electron chi connectivity index (χ2n) is 4.81. The van der Waals surface area contributed by atoms with Crippen LogP contribution in [0.3, 0.4) is 0 Å². The van der Waals surface area contributed by atoms with Crippen LogP contribution < -0.4 is 15.0 Å². The van der Waals surface area contributed by atoms with Gasteiger partial charge >= 0.3 is 0 Å². The third-order valence-corrected chi connectivity index (χ3v) is 3.45. The van der Waals surface area contributed by atoms with Gasteiger partial charge in [-0.05, 0) is 12.5 Å². The summed E-state index contributed by atoms with van der Waals surface area (Å²) in [7, 11) is 1.57. The molecule has 1 amide bonds. The van der Waals surface area contributed by atoms with Gasteiger partial charge in [-0.25, -0.2) is 9.97 Å². The fourth-order valence-corrected chi connectivity index (χ4v) is 2.41. The fraction of sp³-hybridized carbons (Fsp3) is 0.357. The van der Waals surface area contributed by atoms with E-state index in [-0.39, 0.29) is 11.9 Å². The number of aromatic nitrogens is 2. The molecule has 0 aromatic carbocycles. The van der Waals surface area contributed by atoms with Crippen LogP contribution in [0.1, 0.15) is 16.8 Å². The maximum Gasteiger partial charge on any atom is 0.257 e. The zero-order valence-electron chi connectivity index (χ0n) is 11.7. The lowest BCUT2D eigenvalue weighted by molar-refractivity contribution is 0.0940. The Morgan fingerprint density at radius 1 is 1.48 bits per heavy atom. The molecule has 1 fully saturated rings. The molecular weight excluding hydrogens is 272 g/mol. The summed E-state index contributed by atoms with van der Waals surface area (Å²) < 4.78 is 10.1. The van der Waals surface area contributed by atoms with Gasteiger partial charge in [0.2, 0.25) is 0 Å². The monoisotopic (exact) mass is 288 g/mol. The summed E-state index contributed by atoms with van der Waals surface area (Å²) in [5, 5.41) is 2.99. The molecule has 7 nitrogen and oxygen atoms in total. The Balaban J connectivity index is 1.64. The normalized spacial score (nSPS) is 17.8. The highest BCUT2D eigenvalue weighted by atomic mass is 16.5. The third-order valence-electron chi connectivity index (χ3n) is 3.45. The van der Waals surface area contributed by atoms with E-state index in [1.165, 1.54) is 12.5 Å². The molecule has 1 atom stereocenters. The number of methoxy groups -OCH3 is 1. The smallest absolute Gasteiger partial charge is 0.257 e. The van der Waals surface area contributed by atoms with E-state index in [9.17, 15) is 4.79 Å². The van der Waals surface area contributed by atoms with E-state index in [0.29, 0.717) is 23.8 Å². The fourth-order valence-electron chi connectivity index (χ4n) is 2.41. The summed E-state index contributed by atoms with van der Waals surface area (Å²) in [6.07, 6.45) is 7.00. The largest absolute Gasteiger partial charge is 0.478 e. The van der Waals surface area contributed by atoms with Crippen molar-refractivity contribution in [1.29, 1.82) is 0 Å². The van der Waals surface area contributed by atoms with E-state index in [1.54, 1.807) is 25.6 Å². The summed E-state index contributed by atoms with van der Waals surface area (Å²) in [6, 6.07) is 1.72. The minimum atomic E-state index is -0.123. The number of nitrogens with zero attached hydrogens (tertiary/aromatic N) is 3. The molecule has 21 heavy (non-hydrogen) atoms. The number of hydrogen-bond donors (Lipinski definition) is 1. The van der Waals surface area contributed by atoms with Gasteiger partial charge in [0.05, 0.1) is 18.9 Å². The SMILES string of the molecule is COc1nccnc1N1CC[C@@H](NC(=O)c2ccoc2)C1. The number of rotatable bonds is 4. The van der Waals surface area contributed by atoms with Crippen molar-refractivity contribution in [2.45, 2.75) is 12.5 Å². The van der Waals surface area contributed by atoms with Gasteiger partial charge in [-0.3, -0.25) is 4.79 Å². The van der Waals surface area contributed by atoms with Crippen LogP contribution in [0, 0.1) is 0 Å². The highest BCUT2D eigenvalue weighted by Crippen LogP contribution is 2.25. The minimum Gasteiger partial charge on any atom is -0.478 e. The molecule has 1 saturated heterocycles. The van der Waals surface area contributed by atoms with E-state index in [4.69, 9.17) is 9.15 Å². The zero-order chi connectivity index (χ0) is 14.7. The number of ether oxygens (including phenoxy) is 1. The van der Waals surface area contributed by atoms with Crippen LogP contribution >= 0.6 is 0 Å². The topological polar surface area (TPSA) is 80.5 Å². The molecule has 0 radical (unpaired) electrons. The van der Waals surface area contributed by atoms with Crippen molar-refractivity contribution in [2.75, 3.05) is 25.1 Å². The summed E-state index contributed by atoms with van der Waals surface area (Å²) in [6.45, 7) is 1.48. The van der Waals surface area contributed by atoms with E-state index >= 15 is 0 Å². The molecule has 0 unspecified atom stereocenters. The van der Waals surface area contributed by atoms with E-state index in [2.05, 4.69) is 20.2 Å². The quantitative estimate of drug-likeness (QED) is 0.907. The van der Waals surface area contributed by atoms with Gasteiger partial charge in [-0.1, -0.05) is 0 Å². The first-order valence-corrected chi connectivity index (χ1v) is 6.71. The maximum absolute atomic E-state index is 12.0. The number of furan rings is 1. The van der Waals surface area contributed by atoms with Crippen LogP contribution in [0.5, 0.6) is 5.88 Å². The Morgan fingerprint density at radius 2 is 2.33 bits per heavy atom. The van der Waals surface area contributed by atoms with Gasteiger partial charge in [-0.15, -0.1) is 0 Å². The lowest BCUT2D eigenvalue weighted by Gasteiger charge is -2.19. The van der Waals surface area contributed by atoms with Gasteiger partial charge in [0.1, 0.15) is 6.26 Å². The van der Waals surface area contributed by atoms with Crippen molar-refractivity contribution in [3.05, 3.63) is 36.5 Å². The third kappa shape index (κ3) is 2.81. The Bertz CT molecular complexity index is 614. The summed E-state index contributed by atoms with van der Waals surface area (Å²) in [5.41, 5.74) is 0.533. The number of amides is 1. The molecule has 7 heteroatoms. The molecule has 2 aromatic heterocycles. The number of nitrogens with one attached hydrogen (secondary N) is 1. The van der Waals surface area contributed by atoms with Gasteiger partial charge < -0.3 is 19.4 Å². The number of anilines is 1. The van der Waals surface area contributed by atoms with Gasteiger partial charge in [0, 0.05) is 31.5 Å². The van der Waals surface area contributed by atoms with Crippen molar-refractivity contribution in [3.63, 3.8) is 0 Å². The van der Waals surface area contributed by atoms with Crippen molar-refractivity contribution < 1.29 is 13.9 Å². The average molecular weight is 288 g/mol. The predicted octanol–water partition coefficient (Wildman–Crippen LogP) is 1.09. The molecule has 0 bridgehead atoms. The van der Waals surface area contributed by atoms with Crippen LogP contribution in [0.25, 0.3) is 0 Å². The van der Waals surface area contributed by atoms with Gasteiger partial charge in [0.15, 0.2) is 5.82 Å². The first kappa shape index (κ1) is 13.4. The first-order valence-electron chi connectivity index (χ1n) is 6.71. The van der Waals surface area contributed by atoms with Crippen molar-refractivity contribution >= 4 is 11.7 Å². The Kier molecular flexibility index (Phi) is 3.72. The average Bonchev–Trinajstić information content (AvgIpc) is 3.18. The molecule has 1 aliphatic heterocycles. The summed E-state index contributed by atoms with van der Waals surface area (Å²) in [5.74, 6) is 1.08. The Labute approximate surface area is 121 Å². The molecule has 3 heterocycles. The van der Waals surface area contributed by atoms with Gasteiger partial charge in [0.25, 0.3) is 11.8 Å². The molecule has 3 rings (SSSR count). The van der Waals surface area contributed by atoms with E-state index in [0.717, 1.165) is 13.0 Å². The Morgan fingerprint density at radius 3 is 3.10 bits per heavy atom. The first-order chi connectivity index (χ1) is 10.3. The second kappa shape index (κ2) is 5.82. The van der Waals surface area contributed by atoms with Crippen LogP contribution in [0.15, 0.2) is 35.4 Å². The second-order valence-corrected chi connectivity index (χ2v) is 4.81. The molecule has 1 N–H and O–H groups in total. The number of carbonyl (C=O) groups is 1. The molecule has 0 spiro atoms. The minimum absolute atomic E-state index is 0.0686. The van der Waals surface area contributed by atoms with Crippen LogP contribution in [-0.4, -0.2) is 42.1 Å². The molecule has 1 aliphatic rings. The van der Waals surface area contributed by atoms with Crippen LogP contribution in [-0.2, 0) is 0 Å². The lowest BCUT2D eigenvalue weighted by atomic mass is 10.2. The highest BCUT2D eigenvalue weighted by molar-refractivity contribution is 5.94. The van der Waals surface area contributed by atoms with Crippen LogP contribution in [0.4, 0.5) is 5.82 Å². The molecule has 0 aliphatic carbocycles. The van der Waals surface area contributed by atoms with E-state index < -0.39 is 0 Å². The Hall–Kier alpha value is -2.57. The molecule has 0 saturated carbocycles. The van der Waals surface area contributed by atoms with E-state index in [1.807, 2.05) is 0 Å². The summed E-state index contributed by atoms with van der Waals surface area (Å²) in [4.78, 5) is 22.5. The van der Waals surface area contributed by atoms with Crippen molar-refractivity contribution in [3.8, 4) is 5.88 Å². The molecule has 110 valence electrons. The highest BCUT2D eigenvalue weighted by Gasteiger charge is 2.27. The number of hydrogen-bond acceptors (Lipinski definition) is 6. The molecule has 2 aromatic rings. The van der Waals surface area contributed by atoms with Gasteiger partial charge in [-0.2, -0.15) is 0 Å². The summed E-state index contributed by atoms with van der Waals surface area (Å²) >= 11 is 0. The van der Waals surface area contributed by atoms with Crippen molar-refractivity contribution in [1.82, 2.24) is 15.3 Å². The lowest BCUT2D eigenvalue weighted by Crippen LogP contribution is -2.37. The maximum atomic E-state index is 12.0. The van der Waals surface area contributed by atoms with Crippen LogP contribution in [0.2, 0.25) is 0 Å². The van der Waals surface area contributed by atoms with Crippen molar-refractivity contribution in [2.24, 2.45) is 0 Å².